The molecule has 1 aromatic carbocycles. The van der Waals surface area contributed by atoms with Gasteiger partial charge in [-0.1, -0.05) is 43.2 Å². The second kappa shape index (κ2) is 9.36. The second-order valence-corrected chi connectivity index (χ2v) is 7.92. The summed E-state index contributed by atoms with van der Waals surface area (Å²) in [5.74, 6) is 0.918. The molecule has 1 saturated carbocycles. The predicted molar refractivity (Wildman–Crippen MR) is 107 cm³/mol. The van der Waals surface area contributed by atoms with Crippen LogP contribution in [0.1, 0.15) is 38.2 Å². The van der Waals surface area contributed by atoms with Crippen molar-refractivity contribution < 1.29 is 9.59 Å². The molecule has 0 spiro atoms. The lowest BCUT2D eigenvalue weighted by molar-refractivity contribution is -0.140. The highest BCUT2D eigenvalue weighted by Gasteiger charge is 2.38. The Bertz CT molecular complexity index is 620. The highest BCUT2D eigenvalue weighted by Crippen LogP contribution is 2.31. The SMILES string of the molecule is CCN(C)C(=O)C(C1CCCC1)N1CCN(C(=O)Cc2ccccc2)CC1. The average molecular weight is 372 g/mol. The van der Waals surface area contributed by atoms with Crippen molar-refractivity contribution in [3.63, 3.8) is 0 Å². The Morgan fingerprint density at radius 3 is 2.30 bits per heavy atom. The summed E-state index contributed by atoms with van der Waals surface area (Å²) in [4.78, 5) is 31.8. The van der Waals surface area contributed by atoms with Crippen molar-refractivity contribution in [2.45, 2.75) is 45.1 Å². The first-order valence-corrected chi connectivity index (χ1v) is 10.4. The molecule has 1 saturated heterocycles. The third-order valence-electron chi connectivity index (χ3n) is 6.21. The maximum atomic E-state index is 13.0. The van der Waals surface area contributed by atoms with Crippen LogP contribution in [0.3, 0.4) is 0 Å². The number of piperazine rings is 1. The van der Waals surface area contributed by atoms with Crippen LogP contribution in [0.2, 0.25) is 0 Å². The summed E-state index contributed by atoms with van der Waals surface area (Å²) in [5.41, 5.74) is 1.06. The normalized spacial score (nSPS) is 19.9. The Balaban J connectivity index is 1.59. The van der Waals surface area contributed by atoms with Crippen LogP contribution in [0, 0.1) is 5.92 Å². The zero-order valence-electron chi connectivity index (χ0n) is 16.8. The number of hydrogen-bond acceptors (Lipinski definition) is 3. The van der Waals surface area contributed by atoms with Crippen molar-refractivity contribution in [3.05, 3.63) is 35.9 Å². The molecule has 2 amide bonds. The summed E-state index contributed by atoms with van der Waals surface area (Å²) in [7, 11) is 1.91. The molecule has 1 aliphatic heterocycles. The van der Waals surface area contributed by atoms with E-state index in [1.54, 1.807) is 0 Å². The van der Waals surface area contributed by atoms with Crippen LogP contribution in [0.5, 0.6) is 0 Å². The van der Waals surface area contributed by atoms with Crippen LogP contribution < -0.4 is 0 Å². The minimum Gasteiger partial charge on any atom is -0.345 e. The third-order valence-corrected chi connectivity index (χ3v) is 6.21. The number of likely N-dealkylation sites (N-methyl/N-ethyl adjacent to an activating group) is 1. The molecule has 0 N–H and O–H groups in total. The van der Waals surface area contributed by atoms with Crippen molar-refractivity contribution in [2.75, 3.05) is 39.8 Å². The van der Waals surface area contributed by atoms with E-state index in [1.807, 2.05) is 54.1 Å². The van der Waals surface area contributed by atoms with Crippen molar-refractivity contribution in [1.82, 2.24) is 14.7 Å². The number of benzene rings is 1. The predicted octanol–water partition coefficient (Wildman–Crippen LogP) is 2.41. The van der Waals surface area contributed by atoms with Gasteiger partial charge in [-0.3, -0.25) is 14.5 Å². The molecule has 148 valence electrons. The van der Waals surface area contributed by atoms with Gasteiger partial charge in [0.1, 0.15) is 0 Å². The van der Waals surface area contributed by atoms with E-state index in [1.165, 1.54) is 12.8 Å². The summed E-state index contributed by atoms with van der Waals surface area (Å²) in [5, 5.41) is 0. The number of amides is 2. The van der Waals surface area contributed by atoms with Crippen LogP contribution in [0.15, 0.2) is 30.3 Å². The lowest BCUT2D eigenvalue weighted by Crippen LogP contribution is -2.58. The number of carbonyl (C=O) groups excluding carboxylic acids is 2. The van der Waals surface area contributed by atoms with Crippen LogP contribution in [-0.2, 0) is 16.0 Å². The lowest BCUT2D eigenvalue weighted by atomic mass is 9.94. The Hall–Kier alpha value is -1.88. The molecule has 2 fully saturated rings. The highest BCUT2D eigenvalue weighted by atomic mass is 16.2. The highest BCUT2D eigenvalue weighted by molar-refractivity contribution is 5.82. The first-order valence-electron chi connectivity index (χ1n) is 10.4. The molecule has 5 nitrogen and oxygen atoms in total. The van der Waals surface area contributed by atoms with Gasteiger partial charge in [0, 0.05) is 39.8 Å². The smallest absolute Gasteiger partial charge is 0.239 e. The third kappa shape index (κ3) is 4.89. The minimum atomic E-state index is -0.0103. The number of carbonyl (C=O) groups is 2. The number of nitrogens with zero attached hydrogens (tertiary/aromatic N) is 3. The number of hydrogen-bond donors (Lipinski definition) is 0. The van der Waals surface area contributed by atoms with Crippen molar-refractivity contribution in [3.8, 4) is 0 Å². The molecule has 2 aliphatic rings. The Kier molecular flexibility index (Phi) is 6.89. The lowest BCUT2D eigenvalue weighted by Gasteiger charge is -2.42. The van der Waals surface area contributed by atoms with E-state index >= 15 is 0 Å². The van der Waals surface area contributed by atoms with E-state index in [-0.39, 0.29) is 17.9 Å². The Morgan fingerprint density at radius 1 is 1.07 bits per heavy atom. The molecular formula is C22H33N3O2. The summed E-state index contributed by atoms with van der Waals surface area (Å²) in [6.07, 6.45) is 5.24. The van der Waals surface area contributed by atoms with Crippen LogP contribution >= 0.6 is 0 Å². The van der Waals surface area contributed by atoms with Gasteiger partial charge < -0.3 is 9.80 Å². The van der Waals surface area contributed by atoms with E-state index < -0.39 is 0 Å². The fourth-order valence-corrected chi connectivity index (χ4v) is 4.44. The zero-order valence-corrected chi connectivity index (χ0v) is 16.8. The van der Waals surface area contributed by atoms with Gasteiger partial charge in [0.25, 0.3) is 0 Å². The fraction of sp³-hybridized carbons (Fsp3) is 0.636. The molecule has 1 atom stereocenters. The quantitative estimate of drug-likeness (QED) is 0.771. The van der Waals surface area contributed by atoms with E-state index in [9.17, 15) is 9.59 Å². The van der Waals surface area contributed by atoms with E-state index in [2.05, 4.69) is 4.90 Å². The summed E-state index contributed by atoms with van der Waals surface area (Å²) in [6.45, 7) is 5.81. The Morgan fingerprint density at radius 2 is 1.70 bits per heavy atom. The average Bonchev–Trinajstić information content (AvgIpc) is 3.23. The fourth-order valence-electron chi connectivity index (χ4n) is 4.44. The number of rotatable bonds is 6. The maximum absolute atomic E-state index is 13.0. The first kappa shape index (κ1) is 19.9. The van der Waals surface area contributed by atoms with Gasteiger partial charge in [0.2, 0.25) is 11.8 Å². The maximum Gasteiger partial charge on any atom is 0.239 e. The largest absolute Gasteiger partial charge is 0.345 e. The topological polar surface area (TPSA) is 43.9 Å². The monoisotopic (exact) mass is 371 g/mol. The summed E-state index contributed by atoms with van der Waals surface area (Å²) < 4.78 is 0. The summed E-state index contributed by atoms with van der Waals surface area (Å²) >= 11 is 0. The molecule has 1 unspecified atom stereocenters. The first-order chi connectivity index (χ1) is 13.1. The van der Waals surface area contributed by atoms with Crippen molar-refractivity contribution >= 4 is 11.8 Å². The molecular weight excluding hydrogens is 338 g/mol. The van der Waals surface area contributed by atoms with Gasteiger partial charge in [-0.05, 0) is 31.2 Å². The minimum absolute atomic E-state index is 0.0103. The molecule has 1 heterocycles. The summed E-state index contributed by atoms with van der Waals surface area (Å²) in [6, 6.07) is 9.92. The molecule has 0 radical (unpaired) electrons. The molecule has 27 heavy (non-hydrogen) atoms. The van der Waals surface area contributed by atoms with Gasteiger partial charge in [-0.25, -0.2) is 0 Å². The van der Waals surface area contributed by atoms with Crippen LogP contribution in [0.4, 0.5) is 0 Å². The van der Waals surface area contributed by atoms with E-state index in [0.717, 1.165) is 51.1 Å². The van der Waals surface area contributed by atoms with Gasteiger partial charge >= 0.3 is 0 Å². The van der Waals surface area contributed by atoms with E-state index in [4.69, 9.17) is 0 Å². The molecule has 5 heteroatoms. The van der Waals surface area contributed by atoms with Crippen molar-refractivity contribution in [1.29, 1.82) is 0 Å². The molecule has 1 aliphatic carbocycles. The standard InChI is InChI=1S/C22H33N3O2/c1-3-23(2)22(27)21(19-11-7-8-12-19)25-15-13-24(14-16-25)20(26)17-18-9-5-4-6-10-18/h4-6,9-10,19,21H,3,7-8,11-17H2,1-2H3. The Labute approximate surface area is 163 Å². The van der Waals surface area contributed by atoms with Gasteiger partial charge in [0.05, 0.1) is 12.5 Å². The van der Waals surface area contributed by atoms with E-state index in [0.29, 0.717) is 12.3 Å². The van der Waals surface area contributed by atoms with Crippen molar-refractivity contribution in [2.24, 2.45) is 5.92 Å². The van der Waals surface area contributed by atoms with Gasteiger partial charge in [-0.2, -0.15) is 0 Å². The van der Waals surface area contributed by atoms with Gasteiger partial charge in [0.15, 0.2) is 0 Å². The second-order valence-electron chi connectivity index (χ2n) is 7.92. The zero-order chi connectivity index (χ0) is 19.2. The van der Waals surface area contributed by atoms with Crippen LogP contribution in [-0.4, -0.2) is 72.3 Å². The molecule has 0 aromatic heterocycles. The molecule has 3 rings (SSSR count). The molecule has 1 aromatic rings. The van der Waals surface area contributed by atoms with Gasteiger partial charge in [-0.15, -0.1) is 0 Å². The molecule has 0 bridgehead atoms. The van der Waals surface area contributed by atoms with Crippen LogP contribution in [0.25, 0.3) is 0 Å².